The molecule has 8 heteroatoms. The Labute approximate surface area is 239 Å². The molecule has 1 aliphatic heterocycles. The number of aromatic nitrogens is 2. The zero-order chi connectivity index (χ0) is 29.6. The van der Waals surface area contributed by atoms with Crippen LogP contribution in [0.15, 0.2) is 60.7 Å². The Bertz CT molecular complexity index is 1490. The molecule has 0 unspecified atom stereocenters. The standard InChI is InChI=1S/C21H20F3N3O2.C12H18/c22-21(23,24)16-7-3-2-6-15(16)13-27-18-9-8-14(19(28)29)12-17(18)25-20(27)26-10-4-1-5-11-26;1-4-6-12-9-11(5-2)8-7-10(12)3/h2-3,6-9,12H,1,4-5,10-11,13H2,(H,28,29);7-9H,4-6H2,1-3H3. The lowest BCUT2D eigenvalue weighted by molar-refractivity contribution is -0.138. The van der Waals surface area contributed by atoms with Crippen molar-refractivity contribution in [3.8, 4) is 0 Å². The van der Waals surface area contributed by atoms with E-state index in [4.69, 9.17) is 0 Å². The van der Waals surface area contributed by atoms with Crippen molar-refractivity contribution in [1.29, 1.82) is 0 Å². The van der Waals surface area contributed by atoms with Gasteiger partial charge in [0.25, 0.3) is 0 Å². The maximum atomic E-state index is 13.5. The van der Waals surface area contributed by atoms with Crippen LogP contribution >= 0.6 is 0 Å². The lowest BCUT2D eigenvalue weighted by Gasteiger charge is -2.28. The van der Waals surface area contributed by atoms with Crippen molar-refractivity contribution >= 4 is 23.0 Å². The van der Waals surface area contributed by atoms with Gasteiger partial charge in [-0.3, -0.25) is 0 Å². The third kappa shape index (κ3) is 7.29. The molecule has 0 spiro atoms. The van der Waals surface area contributed by atoms with E-state index in [2.05, 4.69) is 48.9 Å². The number of aromatic carboxylic acids is 1. The van der Waals surface area contributed by atoms with Crippen molar-refractivity contribution in [3.05, 3.63) is 94.0 Å². The minimum absolute atomic E-state index is 0.00440. The molecule has 0 amide bonds. The molecule has 1 aromatic heterocycles. The number of anilines is 1. The molecule has 0 bridgehead atoms. The van der Waals surface area contributed by atoms with Gasteiger partial charge >= 0.3 is 12.1 Å². The molecule has 218 valence electrons. The van der Waals surface area contributed by atoms with Crippen molar-refractivity contribution in [2.24, 2.45) is 0 Å². The molecule has 0 aliphatic carbocycles. The van der Waals surface area contributed by atoms with Crippen molar-refractivity contribution in [1.82, 2.24) is 9.55 Å². The van der Waals surface area contributed by atoms with E-state index in [1.807, 2.05) is 0 Å². The number of aryl methyl sites for hydroxylation is 3. The first kappa shape index (κ1) is 30.2. The largest absolute Gasteiger partial charge is 0.478 e. The molecule has 4 aromatic rings. The fourth-order valence-electron chi connectivity index (χ4n) is 5.33. The number of piperidine rings is 1. The van der Waals surface area contributed by atoms with Crippen LogP contribution in [0.5, 0.6) is 0 Å². The van der Waals surface area contributed by atoms with Gasteiger partial charge in [0.2, 0.25) is 5.95 Å². The summed E-state index contributed by atoms with van der Waals surface area (Å²) in [5.74, 6) is -0.484. The number of carbonyl (C=O) groups is 1. The fraction of sp³-hybridized carbons (Fsp3) is 0.394. The lowest BCUT2D eigenvalue weighted by atomic mass is 10.0. The van der Waals surface area contributed by atoms with Gasteiger partial charge in [0, 0.05) is 13.1 Å². The summed E-state index contributed by atoms with van der Waals surface area (Å²) in [6, 6.07) is 16.9. The van der Waals surface area contributed by atoms with Crippen molar-refractivity contribution in [2.75, 3.05) is 18.0 Å². The zero-order valence-corrected chi connectivity index (χ0v) is 24.0. The first-order valence-electron chi connectivity index (χ1n) is 14.3. The highest BCUT2D eigenvalue weighted by Crippen LogP contribution is 2.34. The topological polar surface area (TPSA) is 58.4 Å². The molecular formula is C33H38F3N3O2. The number of benzene rings is 3. The third-order valence-corrected chi connectivity index (χ3v) is 7.61. The molecule has 1 saturated heterocycles. The van der Waals surface area contributed by atoms with E-state index in [1.165, 1.54) is 53.8 Å². The fourth-order valence-corrected chi connectivity index (χ4v) is 5.33. The molecule has 0 atom stereocenters. The molecule has 1 fully saturated rings. The smallest absolute Gasteiger partial charge is 0.416 e. The number of halogens is 3. The summed E-state index contributed by atoms with van der Waals surface area (Å²) >= 11 is 0. The lowest BCUT2D eigenvalue weighted by Crippen LogP contribution is -2.32. The first-order chi connectivity index (χ1) is 19.6. The Morgan fingerprint density at radius 1 is 0.951 bits per heavy atom. The number of rotatable bonds is 7. The number of hydrogen-bond acceptors (Lipinski definition) is 3. The van der Waals surface area contributed by atoms with Gasteiger partial charge in [-0.05, 0) is 85.5 Å². The van der Waals surface area contributed by atoms with Gasteiger partial charge in [-0.2, -0.15) is 13.2 Å². The highest BCUT2D eigenvalue weighted by atomic mass is 19.4. The Morgan fingerprint density at radius 3 is 2.34 bits per heavy atom. The van der Waals surface area contributed by atoms with Crippen LogP contribution in [0.3, 0.4) is 0 Å². The molecule has 5 rings (SSSR count). The van der Waals surface area contributed by atoms with Gasteiger partial charge in [0.05, 0.1) is 28.7 Å². The number of carboxylic acids is 1. The monoisotopic (exact) mass is 565 g/mol. The first-order valence-corrected chi connectivity index (χ1v) is 14.3. The number of alkyl halides is 3. The molecule has 5 nitrogen and oxygen atoms in total. The third-order valence-electron chi connectivity index (χ3n) is 7.61. The molecule has 1 aliphatic rings. The predicted octanol–water partition coefficient (Wildman–Crippen LogP) is 8.30. The zero-order valence-electron chi connectivity index (χ0n) is 24.0. The normalized spacial score (nSPS) is 13.7. The minimum Gasteiger partial charge on any atom is -0.478 e. The Balaban J connectivity index is 0.000000271. The summed E-state index contributed by atoms with van der Waals surface area (Å²) in [6.07, 6.45) is 2.25. The van der Waals surface area contributed by atoms with E-state index in [0.717, 1.165) is 44.8 Å². The molecule has 1 N–H and O–H groups in total. The van der Waals surface area contributed by atoms with Gasteiger partial charge in [-0.1, -0.05) is 56.7 Å². The molecular weight excluding hydrogens is 527 g/mol. The number of fused-ring (bicyclic) bond motifs is 1. The van der Waals surface area contributed by atoms with Gasteiger partial charge < -0.3 is 14.6 Å². The Hall–Kier alpha value is -3.81. The Kier molecular flexibility index (Phi) is 9.73. The van der Waals surface area contributed by atoms with E-state index in [1.54, 1.807) is 16.7 Å². The summed E-state index contributed by atoms with van der Waals surface area (Å²) in [7, 11) is 0. The number of imidazole rings is 1. The minimum atomic E-state index is -4.45. The molecule has 41 heavy (non-hydrogen) atoms. The highest BCUT2D eigenvalue weighted by Gasteiger charge is 2.33. The van der Waals surface area contributed by atoms with Gasteiger partial charge in [0.15, 0.2) is 0 Å². The van der Waals surface area contributed by atoms with Crippen LogP contribution in [0.2, 0.25) is 0 Å². The van der Waals surface area contributed by atoms with Crippen LogP contribution in [0.25, 0.3) is 11.0 Å². The second-order valence-electron chi connectivity index (χ2n) is 10.6. The van der Waals surface area contributed by atoms with Crippen LogP contribution in [0.1, 0.15) is 77.7 Å². The summed E-state index contributed by atoms with van der Waals surface area (Å²) in [4.78, 5) is 18.0. The average molecular weight is 566 g/mol. The summed E-state index contributed by atoms with van der Waals surface area (Å²) in [5, 5.41) is 9.26. The maximum Gasteiger partial charge on any atom is 0.416 e. The molecule has 0 radical (unpaired) electrons. The second-order valence-corrected chi connectivity index (χ2v) is 10.6. The van der Waals surface area contributed by atoms with E-state index in [-0.39, 0.29) is 17.7 Å². The summed E-state index contributed by atoms with van der Waals surface area (Å²) in [6.45, 7) is 8.19. The number of hydrogen-bond donors (Lipinski definition) is 1. The van der Waals surface area contributed by atoms with Crippen molar-refractivity contribution in [2.45, 2.75) is 72.0 Å². The van der Waals surface area contributed by atoms with Crippen molar-refractivity contribution in [3.63, 3.8) is 0 Å². The van der Waals surface area contributed by atoms with Crippen LogP contribution in [0.4, 0.5) is 19.1 Å². The van der Waals surface area contributed by atoms with Crippen LogP contribution < -0.4 is 4.90 Å². The highest BCUT2D eigenvalue weighted by molar-refractivity contribution is 5.93. The summed E-state index contributed by atoms with van der Waals surface area (Å²) < 4.78 is 42.2. The van der Waals surface area contributed by atoms with Crippen molar-refractivity contribution < 1.29 is 23.1 Å². The van der Waals surface area contributed by atoms with E-state index in [0.29, 0.717) is 17.0 Å². The van der Waals surface area contributed by atoms with E-state index in [9.17, 15) is 23.1 Å². The van der Waals surface area contributed by atoms with Gasteiger partial charge in [-0.25, -0.2) is 9.78 Å². The Morgan fingerprint density at radius 2 is 1.68 bits per heavy atom. The van der Waals surface area contributed by atoms with Crippen LogP contribution in [-0.4, -0.2) is 33.7 Å². The predicted molar refractivity (Wildman–Crippen MR) is 158 cm³/mol. The molecule has 2 heterocycles. The number of nitrogens with zero attached hydrogens (tertiary/aromatic N) is 3. The number of carboxylic acid groups (broad SMARTS) is 1. The van der Waals surface area contributed by atoms with Gasteiger partial charge in [-0.15, -0.1) is 0 Å². The van der Waals surface area contributed by atoms with E-state index < -0.39 is 17.7 Å². The molecule has 3 aromatic carbocycles. The van der Waals surface area contributed by atoms with Crippen LogP contribution in [0, 0.1) is 6.92 Å². The van der Waals surface area contributed by atoms with E-state index >= 15 is 0 Å². The second kappa shape index (κ2) is 13.2. The maximum absolute atomic E-state index is 13.5. The average Bonchev–Trinajstić information content (AvgIpc) is 3.32. The molecule has 0 saturated carbocycles. The quantitative estimate of drug-likeness (QED) is 0.245. The van der Waals surface area contributed by atoms with Gasteiger partial charge in [0.1, 0.15) is 0 Å². The summed E-state index contributed by atoms with van der Waals surface area (Å²) in [5.41, 5.74) is 5.09. The SMILES string of the molecule is CCCc1cc(CC)ccc1C.O=C(O)c1ccc2c(c1)nc(N1CCCCC1)n2Cc1ccccc1C(F)(F)F. The van der Waals surface area contributed by atoms with Crippen LogP contribution in [-0.2, 0) is 25.6 Å².